The van der Waals surface area contributed by atoms with E-state index in [2.05, 4.69) is 15.9 Å². The molecular weight excluding hydrogens is 473 g/mol. The van der Waals surface area contributed by atoms with Gasteiger partial charge in [0.15, 0.2) is 5.60 Å². The van der Waals surface area contributed by atoms with Gasteiger partial charge in [0.1, 0.15) is 0 Å². The Balaban J connectivity index is 1.93. The zero-order valence-electron chi connectivity index (χ0n) is 15.7. The van der Waals surface area contributed by atoms with Gasteiger partial charge in [0.05, 0.1) is 6.54 Å². The topological polar surface area (TPSA) is 38.3 Å². The lowest BCUT2D eigenvalue weighted by molar-refractivity contribution is -0.278. The highest BCUT2D eigenvalue weighted by molar-refractivity contribution is 9.09. The average molecular weight is 492 g/mol. The molecule has 0 heterocycles. The maximum absolute atomic E-state index is 13.2. The second-order valence-electron chi connectivity index (χ2n) is 7.01. The van der Waals surface area contributed by atoms with E-state index in [1.165, 1.54) is 0 Å². The molecule has 2 aromatic rings. The van der Waals surface area contributed by atoms with Crippen LogP contribution in [0.3, 0.4) is 0 Å². The zero-order valence-corrected chi connectivity index (χ0v) is 17.3. The highest BCUT2D eigenvalue weighted by atomic mass is 79.9. The highest BCUT2D eigenvalue weighted by Crippen LogP contribution is 2.52. The first-order chi connectivity index (χ1) is 14.1. The van der Waals surface area contributed by atoms with Gasteiger partial charge in [-0.25, -0.2) is 4.79 Å². The van der Waals surface area contributed by atoms with E-state index in [-0.39, 0.29) is 0 Å². The minimum Gasteiger partial charge on any atom is -0.433 e. The molecular formula is C21H19BrF5NO2. The number of alkyl halides is 6. The number of alkyl carbamates (subject to hydrolysis) is 1. The molecule has 0 atom stereocenters. The summed E-state index contributed by atoms with van der Waals surface area (Å²) >= 11 is 3.35. The summed E-state index contributed by atoms with van der Waals surface area (Å²) in [7, 11) is 0. The Morgan fingerprint density at radius 1 is 0.933 bits per heavy atom. The molecule has 0 aromatic heterocycles. The molecule has 2 aromatic carbocycles. The first kappa shape index (κ1) is 22.5. The Morgan fingerprint density at radius 3 is 1.97 bits per heavy atom. The quantitative estimate of drug-likeness (QED) is 0.276. The summed E-state index contributed by atoms with van der Waals surface area (Å²) < 4.78 is 69.3. The van der Waals surface area contributed by atoms with E-state index in [1.807, 2.05) is 24.3 Å². The summed E-state index contributed by atoms with van der Waals surface area (Å²) in [6, 6.07) is 14.5. The molecule has 1 aliphatic rings. The Morgan fingerprint density at radius 2 is 1.47 bits per heavy atom. The van der Waals surface area contributed by atoms with E-state index < -0.39 is 30.3 Å². The second-order valence-corrected chi connectivity index (χ2v) is 7.80. The number of carbonyl (C=O) groups is 1. The smallest absolute Gasteiger partial charge is 0.433 e. The Labute approximate surface area is 178 Å². The number of nitrogens with one attached hydrogen (secondary N) is 1. The zero-order chi connectivity index (χ0) is 22.0. The summed E-state index contributed by atoms with van der Waals surface area (Å²) in [6.07, 6.45) is -5.33. The van der Waals surface area contributed by atoms with Crippen molar-refractivity contribution in [1.29, 1.82) is 0 Å². The molecule has 3 rings (SSSR count). The highest BCUT2D eigenvalue weighted by Gasteiger charge is 2.57. The largest absolute Gasteiger partial charge is 0.455 e. The number of rotatable bonds is 7. The van der Waals surface area contributed by atoms with Crippen LogP contribution in [-0.2, 0) is 10.3 Å². The molecule has 0 unspecified atom stereocenters. The molecule has 30 heavy (non-hydrogen) atoms. The Hall–Kier alpha value is -2.16. The summed E-state index contributed by atoms with van der Waals surface area (Å²) in [6.45, 7) is -1.89. The fourth-order valence-corrected chi connectivity index (χ4v) is 4.06. The third kappa shape index (κ3) is 4.17. The predicted molar refractivity (Wildman–Crippen MR) is 106 cm³/mol. The molecule has 1 N–H and O–H groups in total. The molecule has 1 amide bonds. The van der Waals surface area contributed by atoms with Gasteiger partial charge >= 0.3 is 18.2 Å². The van der Waals surface area contributed by atoms with Crippen molar-refractivity contribution < 1.29 is 31.5 Å². The fraction of sp³-hybridized carbons (Fsp3) is 0.381. The van der Waals surface area contributed by atoms with E-state index in [9.17, 15) is 26.7 Å². The van der Waals surface area contributed by atoms with Crippen molar-refractivity contribution in [3.05, 3.63) is 59.7 Å². The normalized spacial score (nSPS) is 14.7. The van der Waals surface area contributed by atoms with E-state index in [1.54, 1.807) is 29.6 Å². The average Bonchev–Trinajstić information content (AvgIpc) is 2.97. The molecule has 1 aliphatic carbocycles. The second kappa shape index (κ2) is 8.53. The molecule has 0 saturated carbocycles. The van der Waals surface area contributed by atoms with Crippen LogP contribution in [0.1, 0.15) is 30.4 Å². The molecule has 0 fully saturated rings. The number of halogens is 6. The SMILES string of the molecule is O=C(NCC(F)(F)C(F)(F)F)OC1(CCCCBr)c2ccccc2-c2ccccc21. The predicted octanol–water partition coefficient (Wildman–Crippen LogP) is 6.40. The molecule has 0 aliphatic heterocycles. The van der Waals surface area contributed by atoms with Gasteiger partial charge in [-0.1, -0.05) is 64.5 Å². The van der Waals surface area contributed by atoms with Gasteiger partial charge in [-0.15, -0.1) is 0 Å². The maximum atomic E-state index is 13.2. The lowest BCUT2D eigenvalue weighted by Gasteiger charge is -2.32. The first-order valence-corrected chi connectivity index (χ1v) is 10.4. The number of unbranched alkanes of at least 4 members (excludes halogenated alkanes) is 1. The van der Waals surface area contributed by atoms with E-state index >= 15 is 0 Å². The van der Waals surface area contributed by atoms with Crippen LogP contribution in [0.25, 0.3) is 11.1 Å². The van der Waals surface area contributed by atoms with Gasteiger partial charge in [-0.3, -0.25) is 0 Å². The molecule has 0 spiro atoms. The van der Waals surface area contributed by atoms with Crippen LogP contribution in [-0.4, -0.2) is 30.1 Å². The molecule has 0 radical (unpaired) electrons. The van der Waals surface area contributed by atoms with Crippen LogP contribution in [0, 0.1) is 0 Å². The number of benzene rings is 2. The molecule has 0 bridgehead atoms. The van der Waals surface area contributed by atoms with Crippen LogP contribution in [0.5, 0.6) is 0 Å². The van der Waals surface area contributed by atoms with E-state index in [0.29, 0.717) is 24.0 Å². The van der Waals surface area contributed by atoms with Crippen molar-refractivity contribution in [3.8, 4) is 11.1 Å². The fourth-order valence-electron chi connectivity index (χ4n) is 3.66. The maximum Gasteiger partial charge on any atom is 0.455 e. The minimum atomic E-state index is -5.76. The van der Waals surface area contributed by atoms with Gasteiger partial charge in [0.25, 0.3) is 0 Å². The van der Waals surface area contributed by atoms with Crippen molar-refractivity contribution in [2.75, 3.05) is 11.9 Å². The third-order valence-electron chi connectivity index (χ3n) is 5.06. The van der Waals surface area contributed by atoms with Crippen LogP contribution in [0.15, 0.2) is 48.5 Å². The standard InChI is InChI=1S/C21H19BrF5NO2/c22-12-6-5-11-19(30-18(29)28-13-20(23,24)21(25,26)27)16-9-3-1-7-14(16)15-8-2-4-10-17(15)19/h1-4,7-10H,5-6,11-13H2,(H,28,29). The van der Waals surface area contributed by atoms with Gasteiger partial charge in [0, 0.05) is 16.5 Å². The van der Waals surface area contributed by atoms with Crippen molar-refractivity contribution >= 4 is 22.0 Å². The Bertz CT molecular complexity index is 871. The third-order valence-corrected chi connectivity index (χ3v) is 5.62. The number of hydrogen-bond donors (Lipinski definition) is 1. The number of carbonyl (C=O) groups excluding carboxylic acids is 1. The van der Waals surface area contributed by atoms with Crippen molar-refractivity contribution in [2.45, 2.75) is 37.0 Å². The number of fused-ring (bicyclic) bond motifs is 3. The monoisotopic (exact) mass is 491 g/mol. The van der Waals surface area contributed by atoms with Gasteiger partial charge in [0.2, 0.25) is 0 Å². The van der Waals surface area contributed by atoms with Gasteiger partial charge < -0.3 is 10.1 Å². The summed E-state index contributed by atoms with van der Waals surface area (Å²) in [5.41, 5.74) is 1.75. The Kier molecular flexibility index (Phi) is 6.40. The van der Waals surface area contributed by atoms with Gasteiger partial charge in [-0.05, 0) is 30.4 Å². The number of hydrogen-bond acceptors (Lipinski definition) is 2. The van der Waals surface area contributed by atoms with E-state index in [0.717, 1.165) is 22.9 Å². The van der Waals surface area contributed by atoms with Crippen LogP contribution in [0.2, 0.25) is 0 Å². The molecule has 3 nitrogen and oxygen atoms in total. The summed E-state index contributed by atoms with van der Waals surface area (Å²) in [5, 5.41) is 2.31. The molecule has 162 valence electrons. The summed E-state index contributed by atoms with van der Waals surface area (Å²) in [4.78, 5) is 12.4. The van der Waals surface area contributed by atoms with Crippen molar-refractivity contribution in [1.82, 2.24) is 5.32 Å². The lowest BCUT2D eigenvalue weighted by Crippen LogP contribution is -2.48. The number of ether oxygens (including phenoxy) is 1. The van der Waals surface area contributed by atoms with Crippen LogP contribution in [0.4, 0.5) is 26.7 Å². The molecule has 9 heteroatoms. The van der Waals surface area contributed by atoms with E-state index in [4.69, 9.17) is 4.74 Å². The minimum absolute atomic E-state index is 0.357. The molecule has 0 saturated heterocycles. The number of amides is 1. The first-order valence-electron chi connectivity index (χ1n) is 9.29. The van der Waals surface area contributed by atoms with Crippen LogP contribution < -0.4 is 5.32 Å². The van der Waals surface area contributed by atoms with Gasteiger partial charge in [-0.2, -0.15) is 22.0 Å². The summed E-state index contributed by atoms with van der Waals surface area (Å²) in [5.74, 6) is -5.05. The van der Waals surface area contributed by atoms with Crippen LogP contribution >= 0.6 is 15.9 Å². The van der Waals surface area contributed by atoms with Crippen molar-refractivity contribution in [2.24, 2.45) is 0 Å². The lowest BCUT2D eigenvalue weighted by atomic mass is 9.86. The van der Waals surface area contributed by atoms with Crippen molar-refractivity contribution in [3.63, 3.8) is 0 Å².